The lowest BCUT2D eigenvalue weighted by atomic mass is 9.95. The minimum Gasteiger partial charge on any atom is -0.480 e. The van der Waals surface area contributed by atoms with Crippen LogP contribution in [0.2, 0.25) is 10.0 Å². The summed E-state index contributed by atoms with van der Waals surface area (Å²) in [7, 11) is 0. The molecule has 2 aliphatic heterocycles. The van der Waals surface area contributed by atoms with Gasteiger partial charge >= 0.3 is 5.97 Å². The first kappa shape index (κ1) is 21.0. The lowest BCUT2D eigenvalue weighted by Gasteiger charge is -2.43. The number of hydrogen-bond donors (Lipinski definition) is 2. The van der Waals surface area contributed by atoms with Crippen molar-refractivity contribution in [1.29, 1.82) is 0 Å². The first-order valence-electron chi connectivity index (χ1n) is 8.99. The predicted molar refractivity (Wildman–Crippen MR) is 112 cm³/mol. The van der Waals surface area contributed by atoms with Gasteiger partial charge in [-0.2, -0.15) is 0 Å². The number of amides is 2. The maximum absolute atomic E-state index is 13.1. The molecule has 4 rings (SSSR count). The van der Waals surface area contributed by atoms with Crippen LogP contribution < -0.4 is 5.32 Å². The molecule has 2 saturated heterocycles. The van der Waals surface area contributed by atoms with Gasteiger partial charge < -0.3 is 19.8 Å². The van der Waals surface area contributed by atoms with Crippen molar-refractivity contribution in [2.75, 3.05) is 0 Å². The molecule has 2 N–H and O–H groups in total. The SMILES string of the molecule is Cc1onc(-c2c(Cl)cccc2Cl)c1C(=O)N[C@@H]1C(=O)N2[C@@H]1SC(C)(C)[C@H]2C(=O)O. The van der Waals surface area contributed by atoms with Crippen LogP contribution in [-0.2, 0) is 9.59 Å². The van der Waals surface area contributed by atoms with E-state index in [0.29, 0.717) is 15.6 Å². The number of β-lactam (4-membered cyclic amide) rings is 1. The molecule has 2 aliphatic rings. The van der Waals surface area contributed by atoms with Gasteiger partial charge in [0.2, 0.25) is 5.91 Å². The molecule has 11 heteroatoms. The van der Waals surface area contributed by atoms with Gasteiger partial charge in [0.05, 0.1) is 10.0 Å². The number of aromatic nitrogens is 1. The third kappa shape index (κ3) is 3.07. The van der Waals surface area contributed by atoms with Gasteiger partial charge in [0.1, 0.15) is 34.5 Å². The van der Waals surface area contributed by atoms with Crippen molar-refractivity contribution in [1.82, 2.24) is 15.4 Å². The van der Waals surface area contributed by atoms with Crippen LogP contribution in [0.1, 0.15) is 30.0 Å². The zero-order chi connectivity index (χ0) is 22.0. The Hall–Kier alpha value is -2.23. The van der Waals surface area contributed by atoms with Gasteiger partial charge in [0, 0.05) is 10.3 Å². The molecule has 0 spiro atoms. The molecule has 8 nitrogen and oxygen atoms in total. The summed E-state index contributed by atoms with van der Waals surface area (Å²) in [6, 6.07) is 3.09. The summed E-state index contributed by atoms with van der Waals surface area (Å²) < 4.78 is 4.52. The van der Waals surface area contributed by atoms with Crippen molar-refractivity contribution >= 4 is 52.7 Å². The van der Waals surface area contributed by atoms with Crippen LogP contribution in [0, 0.1) is 6.92 Å². The lowest BCUT2D eigenvalue weighted by Crippen LogP contribution is -2.70. The number of aryl methyl sites for hydroxylation is 1. The highest BCUT2D eigenvalue weighted by Crippen LogP contribution is 2.51. The topological polar surface area (TPSA) is 113 Å². The monoisotopic (exact) mass is 469 g/mol. The Morgan fingerprint density at radius 1 is 1.30 bits per heavy atom. The van der Waals surface area contributed by atoms with Crippen LogP contribution in [0.15, 0.2) is 22.7 Å². The Balaban J connectivity index is 1.62. The summed E-state index contributed by atoms with van der Waals surface area (Å²) in [5.74, 6) is -1.84. The van der Waals surface area contributed by atoms with Gasteiger partial charge in [-0.15, -0.1) is 11.8 Å². The van der Waals surface area contributed by atoms with Crippen LogP contribution in [0.3, 0.4) is 0 Å². The van der Waals surface area contributed by atoms with Crippen LogP contribution in [-0.4, -0.2) is 55.2 Å². The molecule has 1 aromatic heterocycles. The summed E-state index contributed by atoms with van der Waals surface area (Å²) in [5, 5.41) is 16.3. The lowest BCUT2D eigenvalue weighted by molar-refractivity contribution is -0.159. The molecular formula is C19H17Cl2N3O5S. The average Bonchev–Trinajstić information content (AvgIpc) is 3.14. The van der Waals surface area contributed by atoms with Gasteiger partial charge in [-0.25, -0.2) is 4.79 Å². The number of fused-ring (bicyclic) bond motifs is 1. The molecule has 0 saturated carbocycles. The first-order chi connectivity index (χ1) is 14.0. The summed E-state index contributed by atoms with van der Waals surface area (Å²) in [6.45, 7) is 5.10. The number of nitrogens with zero attached hydrogens (tertiary/aromatic N) is 2. The fourth-order valence-corrected chi connectivity index (χ4v) is 6.09. The molecule has 0 bridgehead atoms. The molecule has 0 radical (unpaired) electrons. The number of halogens is 2. The van der Waals surface area contributed by atoms with Crippen molar-refractivity contribution in [3.8, 4) is 11.3 Å². The summed E-state index contributed by atoms with van der Waals surface area (Å²) in [4.78, 5) is 38.7. The molecule has 0 unspecified atom stereocenters. The Kier molecular flexibility index (Phi) is 5.03. The zero-order valence-electron chi connectivity index (χ0n) is 16.1. The molecule has 3 heterocycles. The van der Waals surface area contributed by atoms with E-state index in [1.54, 1.807) is 39.0 Å². The van der Waals surface area contributed by atoms with Crippen LogP contribution >= 0.6 is 35.0 Å². The summed E-state index contributed by atoms with van der Waals surface area (Å²) in [5.41, 5.74) is 0.645. The second-order valence-corrected chi connectivity index (χ2v) is 10.2. The highest BCUT2D eigenvalue weighted by molar-refractivity contribution is 8.01. The number of nitrogens with one attached hydrogen (secondary N) is 1. The fourth-order valence-electron chi connectivity index (χ4n) is 3.89. The molecule has 158 valence electrons. The van der Waals surface area contributed by atoms with E-state index in [1.165, 1.54) is 16.7 Å². The van der Waals surface area contributed by atoms with E-state index in [4.69, 9.17) is 27.7 Å². The number of hydrogen-bond acceptors (Lipinski definition) is 6. The number of carboxylic acids is 1. The Labute approximate surface area is 185 Å². The minimum absolute atomic E-state index is 0.119. The fraction of sp³-hybridized carbons (Fsp3) is 0.368. The van der Waals surface area contributed by atoms with Crippen molar-refractivity contribution in [3.63, 3.8) is 0 Å². The number of carbonyl (C=O) groups excluding carboxylic acids is 2. The van der Waals surface area contributed by atoms with Crippen LogP contribution in [0.25, 0.3) is 11.3 Å². The van der Waals surface area contributed by atoms with Gasteiger partial charge in [-0.1, -0.05) is 34.4 Å². The highest BCUT2D eigenvalue weighted by atomic mass is 35.5. The number of thioether (sulfide) groups is 1. The normalized spacial score (nSPS) is 24.4. The second-order valence-electron chi connectivity index (χ2n) is 7.61. The maximum Gasteiger partial charge on any atom is 0.327 e. The zero-order valence-corrected chi connectivity index (χ0v) is 18.4. The van der Waals surface area contributed by atoms with E-state index >= 15 is 0 Å². The number of benzene rings is 1. The Morgan fingerprint density at radius 3 is 2.53 bits per heavy atom. The molecule has 2 aromatic rings. The van der Waals surface area contributed by atoms with E-state index in [-0.39, 0.29) is 17.0 Å². The Morgan fingerprint density at radius 2 is 1.93 bits per heavy atom. The minimum atomic E-state index is -1.07. The van der Waals surface area contributed by atoms with Gasteiger partial charge in [0.15, 0.2) is 0 Å². The van der Waals surface area contributed by atoms with Crippen molar-refractivity contribution in [3.05, 3.63) is 39.6 Å². The molecular weight excluding hydrogens is 453 g/mol. The van der Waals surface area contributed by atoms with Gasteiger partial charge in [-0.3, -0.25) is 9.59 Å². The van der Waals surface area contributed by atoms with Crippen molar-refractivity contribution in [2.24, 2.45) is 0 Å². The third-order valence-electron chi connectivity index (χ3n) is 5.25. The summed E-state index contributed by atoms with van der Waals surface area (Å²) in [6.07, 6.45) is 0. The van der Waals surface area contributed by atoms with E-state index < -0.39 is 40.0 Å². The largest absolute Gasteiger partial charge is 0.480 e. The van der Waals surface area contributed by atoms with E-state index in [9.17, 15) is 19.5 Å². The average molecular weight is 470 g/mol. The predicted octanol–water partition coefficient (Wildman–Crippen LogP) is 3.20. The molecule has 0 aliphatic carbocycles. The highest BCUT2D eigenvalue weighted by Gasteiger charge is 2.64. The molecule has 3 atom stereocenters. The summed E-state index contributed by atoms with van der Waals surface area (Å²) >= 11 is 13.8. The maximum atomic E-state index is 13.1. The molecule has 1 aromatic carbocycles. The number of carbonyl (C=O) groups is 3. The number of rotatable bonds is 4. The van der Waals surface area contributed by atoms with Crippen molar-refractivity contribution < 1.29 is 24.0 Å². The Bertz CT molecular complexity index is 1070. The number of aliphatic carboxylic acids is 1. The number of carboxylic acid groups (broad SMARTS) is 1. The first-order valence-corrected chi connectivity index (χ1v) is 10.6. The van der Waals surface area contributed by atoms with Gasteiger partial charge in [0.25, 0.3) is 5.91 Å². The van der Waals surface area contributed by atoms with Crippen LogP contribution in [0.4, 0.5) is 0 Å². The van der Waals surface area contributed by atoms with E-state index in [1.807, 2.05) is 0 Å². The van der Waals surface area contributed by atoms with E-state index in [0.717, 1.165) is 0 Å². The van der Waals surface area contributed by atoms with Gasteiger partial charge in [-0.05, 0) is 32.9 Å². The smallest absolute Gasteiger partial charge is 0.327 e. The van der Waals surface area contributed by atoms with Crippen molar-refractivity contribution in [2.45, 2.75) is 43.0 Å². The molecule has 2 amide bonds. The quantitative estimate of drug-likeness (QED) is 0.660. The third-order valence-corrected chi connectivity index (χ3v) is 7.45. The molecule has 30 heavy (non-hydrogen) atoms. The second kappa shape index (κ2) is 7.18. The molecule has 2 fully saturated rings. The standard InChI is InChI=1S/C19H17Cl2N3O5S/c1-7-10(12(23-29-7)11-8(20)5-4-6-9(11)21)15(25)22-13-16(26)24-14(18(27)28)19(2,3)30-17(13)24/h4-6,13-14,17H,1-3H3,(H,22,25)(H,27,28)/t13-,14-,17-/m1/s1. The van der Waals surface area contributed by atoms with Crippen LogP contribution in [0.5, 0.6) is 0 Å². The van der Waals surface area contributed by atoms with E-state index in [2.05, 4.69) is 10.5 Å².